The number of aryl methyl sites for hydroxylation is 1. The number of hydrogen-bond acceptors (Lipinski definition) is 4. The second kappa shape index (κ2) is 9.26. The summed E-state index contributed by atoms with van der Waals surface area (Å²) in [7, 11) is 1.85. The van der Waals surface area contributed by atoms with E-state index in [0.29, 0.717) is 5.92 Å². The first kappa shape index (κ1) is 19.7. The maximum atomic E-state index is 4.48. The SMILES string of the molecule is CN=C(NCCCc1nnc(SC)n1CC(C)C)N1CCc2ccccc21. The molecule has 1 aromatic carbocycles. The third-order valence-electron chi connectivity index (χ3n) is 4.74. The van der Waals surface area contributed by atoms with E-state index in [0.717, 1.165) is 55.8 Å². The van der Waals surface area contributed by atoms with Crippen LogP contribution in [0.1, 0.15) is 31.7 Å². The number of hydrogen-bond donors (Lipinski definition) is 1. The van der Waals surface area contributed by atoms with Crippen LogP contribution in [0.15, 0.2) is 34.4 Å². The highest BCUT2D eigenvalue weighted by Crippen LogP contribution is 2.27. The lowest BCUT2D eigenvalue weighted by atomic mass is 10.2. The molecule has 1 aliphatic rings. The average molecular weight is 387 g/mol. The molecule has 0 aliphatic carbocycles. The number of rotatable bonds is 7. The maximum Gasteiger partial charge on any atom is 0.198 e. The maximum absolute atomic E-state index is 4.48. The highest BCUT2D eigenvalue weighted by atomic mass is 32.2. The Hall–Kier alpha value is -2.02. The lowest BCUT2D eigenvalue weighted by Crippen LogP contribution is -2.41. The van der Waals surface area contributed by atoms with E-state index in [4.69, 9.17) is 0 Å². The number of guanidine groups is 1. The monoisotopic (exact) mass is 386 g/mol. The smallest absolute Gasteiger partial charge is 0.198 e. The molecule has 1 aromatic heterocycles. The molecule has 6 nitrogen and oxygen atoms in total. The fraction of sp³-hybridized carbons (Fsp3) is 0.550. The molecule has 0 atom stereocenters. The van der Waals surface area contributed by atoms with E-state index in [1.807, 2.05) is 7.05 Å². The van der Waals surface area contributed by atoms with Crippen LogP contribution in [0.3, 0.4) is 0 Å². The molecule has 1 N–H and O–H groups in total. The molecule has 0 fully saturated rings. The van der Waals surface area contributed by atoms with Gasteiger partial charge in [-0.1, -0.05) is 43.8 Å². The number of aliphatic imine (C=N–C) groups is 1. The Morgan fingerprint density at radius 1 is 1.30 bits per heavy atom. The molecule has 7 heteroatoms. The first-order valence-electron chi connectivity index (χ1n) is 9.66. The Balaban J connectivity index is 1.55. The van der Waals surface area contributed by atoms with Crippen LogP contribution in [0.2, 0.25) is 0 Å². The number of thioether (sulfide) groups is 1. The van der Waals surface area contributed by atoms with Crippen LogP contribution < -0.4 is 10.2 Å². The number of fused-ring (bicyclic) bond motifs is 1. The van der Waals surface area contributed by atoms with Crippen LogP contribution >= 0.6 is 11.8 Å². The molecule has 0 saturated heterocycles. The van der Waals surface area contributed by atoms with Gasteiger partial charge in [0.25, 0.3) is 0 Å². The third-order valence-corrected chi connectivity index (χ3v) is 5.41. The van der Waals surface area contributed by atoms with Crippen molar-refractivity contribution < 1.29 is 0 Å². The summed E-state index contributed by atoms with van der Waals surface area (Å²) in [4.78, 5) is 6.76. The molecule has 0 unspecified atom stereocenters. The number of aromatic nitrogens is 3. The highest BCUT2D eigenvalue weighted by molar-refractivity contribution is 7.98. The van der Waals surface area contributed by atoms with Crippen molar-refractivity contribution >= 4 is 23.4 Å². The molecule has 0 radical (unpaired) electrons. The van der Waals surface area contributed by atoms with Crippen molar-refractivity contribution in [2.75, 3.05) is 31.3 Å². The van der Waals surface area contributed by atoms with E-state index in [1.165, 1.54) is 11.3 Å². The summed E-state index contributed by atoms with van der Waals surface area (Å²) in [6, 6.07) is 8.57. The van der Waals surface area contributed by atoms with Gasteiger partial charge in [-0.15, -0.1) is 10.2 Å². The van der Waals surface area contributed by atoms with Crippen LogP contribution in [0, 0.1) is 5.92 Å². The minimum atomic E-state index is 0.581. The number of para-hydroxylation sites is 1. The van der Waals surface area contributed by atoms with Gasteiger partial charge in [-0.25, -0.2) is 0 Å². The second-order valence-electron chi connectivity index (χ2n) is 7.22. The molecule has 1 aliphatic heterocycles. The van der Waals surface area contributed by atoms with Crippen molar-refractivity contribution in [3.63, 3.8) is 0 Å². The van der Waals surface area contributed by atoms with Crippen LogP contribution in [0.25, 0.3) is 0 Å². The predicted octanol–water partition coefficient (Wildman–Crippen LogP) is 3.23. The standard InChI is InChI=1S/C20H30N6S/c1-15(2)14-26-18(23-24-20(26)27-4)10-7-12-22-19(21-3)25-13-11-16-8-5-6-9-17(16)25/h5-6,8-9,15H,7,10-14H2,1-4H3,(H,21,22). The summed E-state index contributed by atoms with van der Waals surface area (Å²) in [6.45, 7) is 7.28. The van der Waals surface area contributed by atoms with Gasteiger partial charge in [0.2, 0.25) is 0 Å². The number of benzene rings is 1. The number of nitrogens with one attached hydrogen (secondary N) is 1. The topological polar surface area (TPSA) is 58.3 Å². The van der Waals surface area contributed by atoms with Crippen LogP contribution in [0.5, 0.6) is 0 Å². The summed E-state index contributed by atoms with van der Waals surface area (Å²) in [6.07, 6.45) is 5.05. The Morgan fingerprint density at radius 3 is 2.85 bits per heavy atom. The van der Waals surface area contributed by atoms with Crippen molar-refractivity contribution in [1.29, 1.82) is 0 Å². The van der Waals surface area contributed by atoms with Gasteiger partial charge in [-0.05, 0) is 36.6 Å². The van der Waals surface area contributed by atoms with Gasteiger partial charge < -0.3 is 14.8 Å². The first-order valence-corrected chi connectivity index (χ1v) is 10.9. The fourth-order valence-electron chi connectivity index (χ4n) is 3.50. The van der Waals surface area contributed by atoms with E-state index in [1.54, 1.807) is 11.8 Å². The molecule has 0 spiro atoms. The molecule has 0 bridgehead atoms. The molecular formula is C20H30N6S. The summed E-state index contributed by atoms with van der Waals surface area (Å²) < 4.78 is 2.26. The largest absolute Gasteiger partial charge is 0.356 e. The van der Waals surface area contributed by atoms with E-state index < -0.39 is 0 Å². The fourth-order valence-corrected chi connectivity index (χ4v) is 4.03. The Labute approximate surface area is 166 Å². The number of anilines is 1. The van der Waals surface area contributed by atoms with Crippen LogP contribution in [-0.4, -0.2) is 47.1 Å². The Morgan fingerprint density at radius 2 is 2.11 bits per heavy atom. The van der Waals surface area contributed by atoms with Crippen LogP contribution in [-0.2, 0) is 19.4 Å². The van der Waals surface area contributed by atoms with Crippen molar-refractivity contribution in [3.05, 3.63) is 35.7 Å². The van der Waals surface area contributed by atoms with Gasteiger partial charge in [-0.2, -0.15) is 0 Å². The molecule has 0 saturated carbocycles. The quantitative estimate of drug-likeness (QED) is 0.343. The van der Waals surface area contributed by atoms with Gasteiger partial charge in [0.05, 0.1) is 0 Å². The summed E-state index contributed by atoms with van der Waals surface area (Å²) in [5.74, 6) is 2.61. The second-order valence-corrected chi connectivity index (χ2v) is 7.99. The van der Waals surface area contributed by atoms with Gasteiger partial charge in [0, 0.05) is 38.8 Å². The molecular weight excluding hydrogens is 356 g/mol. The van der Waals surface area contributed by atoms with Gasteiger partial charge >= 0.3 is 0 Å². The van der Waals surface area contributed by atoms with Crippen molar-refractivity contribution in [3.8, 4) is 0 Å². The molecule has 0 amide bonds. The number of nitrogens with zero attached hydrogens (tertiary/aromatic N) is 5. The van der Waals surface area contributed by atoms with Gasteiger partial charge in [0.1, 0.15) is 5.82 Å². The highest BCUT2D eigenvalue weighted by Gasteiger charge is 2.22. The summed E-state index contributed by atoms with van der Waals surface area (Å²) >= 11 is 1.66. The zero-order valence-electron chi connectivity index (χ0n) is 16.8. The lowest BCUT2D eigenvalue weighted by Gasteiger charge is -2.22. The lowest BCUT2D eigenvalue weighted by molar-refractivity contribution is 0.477. The normalized spacial score (nSPS) is 14.1. The molecule has 146 valence electrons. The van der Waals surface area contributed by atoms with Gasteiger partial charge in [0.15, 0.2) is 11.1 Å². The minimum Gasteiger partial charge on any atom is -0.356 e. The summed E-state index contributed by atoms with van der Waals surface area (Å²) in [5, 5.41) is 13.3. The van der Waals surface area contributed by atoms with Crippen molar-refractivity contribution in [1.82, 2.24) is 20.1 Å². The predicted molar refractivity (Wildman–Crippen MR) is 114 cm³/mol. The van der Waals surface area contributed by atoms with E-state index in [-0.39, 0.29) is 0 Å². The first-order chi connectivity index (χ1) is 13.1. The molecule has 2 heterocycles. The van der Waals surface area contributed by atoms with E-state index >= 15 is 0 Å². The molecule has 27 heavy (non-hydrogen) atoms. The average Bonchev–Trinajstić information content (AvgIpc) is 3.26. The van der Waals surface area contributed by atoms with Gasteiger partial charge in [-0.3, -0.25) is 4.99 Å². The Bertz CT molecular complexity index is 783. The van der Waals surface area contributed by atoms with E-state index in [9.17, 15) is 0 Å². The molecule has 3 rings (SSSR count). The summed E-state index contributed by atoms with van der Waals surface area (Å²) in [5.41, 5.74) is 2.67. The van der Waals surface area contributed by atoms with Crippen molar-refractivity contribution in [2.45, 2.75) is 44.8 Å². The molecule has 2 aromatic rings. The van der Waals surface area contributed by atoms with E-state index in [2.05, 4.69) is 74.3 Å². The zero-order chi connectivity index (χ0) is 19.2. The van der Waals surface area contributed by atoms with Crippen molar-refractivity contribution in [2.24, 2.45) is 10.9 Å². The minimum absolute atomic E-state index is 0.581. The zero-order valence-corrected chi connectivity index (χ0v) is 17.6. The van der Waals surface area contributed by atoms with Crippen LogP contribution in [0.4, 0.5) is 5.69 Å². The Kier molecular flexibility index (Phi) is 6.77. The third kappa shape index (κ3) is 4.64.